The molecule has 1 fully saturated rings. The van der Waals surface area contributed by atoms with Crippen LogP contribution in [0.25, 0.3) is 5.57 Å². The third-order valence-electron chi connectivity index (χ3n) is 6.01. The molecule has 2 atom stereocenters. The summed E-state index contributed by atoms with van der Waals surface area (Å²) in [5, 5.41) is 0. The fourth-order valence-electron chi connectivity index (χ4n) is 3.97. The van der Waals surface area contributed by atoms with Crippen LogP contribution in [0, 0.1) is 23.5 Å². The molecule has 0 saturated heterocycles. The smallest absolute Gasteiger partial charge is 0.410 e. The summed E-state index contributed by atoms with van der Waals surface area (Å²) >= 11 is 0. The average molecular weight is 501 g/mol. The van der Waals surface area contributed by atoms with Crippen molar-refractivity contribution in [1.82, 2.24) is 9.21 Å². The summed E-state index contributed by atoms with van der Waals surface area (Å²) in [7, 11) is -3.30. The molecular formula is C24H34F2N2O5S. The van der Waals surface area contributed by atoms with E-state index < -0.39 is 33.0 Å². The topological polar surface area (TPSA) is 76.2 Å². The highest BCUT2D eigenvalue weighted by Gasteiger charge is 2.40. The van der Waals surface area contributed by atoms with E-state index in [4.69, 9.17) is 9.47 Å². The number of benzene rings is 1. The highest BCUT2D eigenvalue weighted by atomic mass is 32.2. The zero-order valence-electron chi connectivity index (χ0n) is 20.4. The van der Waals surface area contributed by atoms with Crippen molar-refractivity contribution in [2.45, 2.75) is 46.1 Å². The molecule has 0 bridgehead atoms. The molecule has 0 N–H and O–H groups in total. The number of rotatable bonds is 8. The van der Waals surface area contributed by atoms with Gasteiger partial charge in [0.15, 0.2) is 17.4 Å². The van der Waals surface area contributed by atoms with Gasteiger partial charge in [-0.1, -0.05) is 6.08 Å². The number of sulfonamides is 1. The van der Waals surface area contributed by atoms with E-state index in [0.29, 0.717) is 30.6 Å². The van der Waals surface area contributed by atoms with Gasteiger partial charge in [0.1, 0.15) is 5.60 Å². The summed E-state index contributed by atoms with van der Waals surface area (Å²) in [6, 6.07) is 2.46. The first-order valence-electron chi connectivity index (χ1n) is 11.5. The van der Waals surface area contributed by atoms with Crippen molar-refractivity contribution in [2.24, 2.45) is 11.8 Å². The number of nitrogens with zero attached hydrogens (tertiary/aromatic N) is 2. The molecule has 1 aliphatic carbocycles. The quantitative estimate of drug-likeness (QED) is 0.533. The Kier molecular flexibility index (Phi) is 7.92. The van der Waals surface area contributed by atoms with Gasteiger partial charge in [-0.05, 0) is 75.6 Å². The predicted octanol–water partition coefficient (Wildman–Crippen LogP) is 4.29. The van der Waals surface area contributed by atoms with Gasteiger partial charge in [-0.2, -0.15) is 4.31 Å². The van der Waals surface area contributed by atoms with Crippen LogP contribution in [-0.2, 0) is 14.8 Å². The van der Waals surface area contributed by atoms with Crippen LogP contribution < -0.4 is 4.74 Å². The molecule has 0 spiro atoms. The number of carbonyl (C=O) groups excluding carboxylic acids is 1. The van der Waals surface area contributed by atoms with E-state index in [-0.39, 0.29) is 37.6 Å². The standard InChI is InChI=1S/C24H34F2N2O5S/c1-6-27(23(29)33-24(2,3)4)14-18-11-19(18)15-32-22-20(25)12-17(13-21(22)26)16-7-9-28(10-8-16)34(5,30)31/h7,12-13,18-19H,6,8-11,14-15H2,1-5H3/t18?,19-/m1/s1. The highest BCUT2D eigenvalue weighted by molar-refractivity contribution is 7.88. The second kappa shape index (κ2) is 10.2. The Morgan fingerprint density at radius 2 is 1.85 bits per heavy atom. The maximum Gasteiger partial charge on any atom is 0.410 e. The second-order valence-electron chi connectivity index (χ2n) is 9.96. The third kappa shape index (κ3) is 6.91. The lowest BCUT2D eigenvalue weighted by Crippen LogP contribution is -2.38. The first-order valence-corrected chi connectivity index (χ1v) is 13.4. The number of carbonyl (C=O) groups is 1. The number of ether oxygens (including phenoxy) is 2. The van der Waals surface area contributed by atoms with Crippen molar-refractivity contribution in [3.8, 4) is 5.75 Å². The van der Waals surface area contributed by atoms with Gasteiger partial charge in [0.05, 0.1) is 12.9 Å². The zero-order chi connectivity index (χ0) is 25.3. The first-order chi connectivity index (χ1) is 15.8. The number of hydrogen-bond donors (Lipinski definition) is 0. The molecule has 3 rings (SSSR count). The van der Waals surface area contributed by atoms with E-state index in [2.05, 4.69) is 0 Å². The van der Waals surface area contributed by atoms with Crippen LogP contribution in [0.15, 0.2) is 18.2 Å². The maximum absolute atomic E-state index is 14.7. The number of amides is 1. The Labute approximate surface area is 200 Å². The second-order valence-corrected chi connectivity index (χ2v) is 11.9. The van der Waals surface area contributed by atoms with Crippen molar-refractivity contribution in [2.75, 3.05) is 39.0 Å². The van der Waals surface area contributed by atoms with Crippen LogP contribution in [-0.4, -0.2) is 68.4 Å². The van der Waals surface area contributed by atoms with Crippen LogP contribution in [0.2, 0.25) is 0 Å². The molecule has 1 amide bonds. The fraction of sp³-hybridized carbons (Fsp3) is 0.625. The lowest BCUT2D eigenvalue weighted by Gasteiger charge is -2.26. The van der Waals surface area contributed by atoms with Crippen molar-refractivity contribution in [1.29, 1.82) is 0 Å². The summed E-state index contributed by atoms with van der Waals surface area (Å²) in [5.41, 5.74) is 0.516. The number of hydrogen-bond acceptors (Lipinski definition) is 5. The normalized spacial score (nSPS) is 21.1. The van der Waals surface area contributed by atoms with Gasteiger partial charge in [-0.15, -0.1) is 0 Å². The van der Waals surface area contributed by atoms with Gasteiger partial charge in [0, 0.05) is 26.2 Å². The van der Waals surface area contributed by atoms with E-state index in [9.17, 15) is 22.0 Å². The van der Waals surface area contributed by atoms with Crippen molar-refractivity contribution in [3.05, 3.63) is 35.4 Å². The molecule has 0 aromatic heterocycles. The van der Waals surface area contributed by atoms with Crippen LogP contribution in [0.5, 0.6) is 5.75 Å². The molecule has 1 aliphatic heterocycles. The zero-order valence-corrected chi connectivity index (χ0v) is 21.3. The summed E-state index contributed by atoms with van der Waals surface area (Å²) < 4.78 is 64.8. The summed E-state index contributed by atoms with van der Waals surface area (Å²) in [6.45, 7) is 8.97. The molecule has 34 heavy (non-hydrogen) atoms. The summed E-state index contributed by atoms with van der Waals surface area (Å²) in [5.74, 6) is -1.69. The highest BCUT2D eigenvalue weighted by Crippen LogP contribution is 2.40. The minimum absolute atomic E-state index is 0.109. The number of halogens is 2. The molecule has 1 unspecified atom stereocenters. The third-order valence-corrected chi connectivity index (χ3v) is 7.28. The molecule has 1 saturated carbocycles. The Balaban J connectivity index is 1.56. The predicted molar refractivity (Wildman–Crippen MR) is 126 cm³/mol. The van der Waals surface area contributed by atoms with Crippen molar-refractivity contribution in [3.63, 3.8) is 0 Å². The lowest BCUT2D eigenvalue weighted by atomic mass is 10.00. The van der Waals surface area contributed by atoms with E-state index in [1.54, 1.807) is 11.0 Å². The molecule has 0 radical (unpaired) electrons. The van der Waals surface area contributed by atoms with E-state index in [0.717, 1.165) is 12.7 Å². The molecule has 1 aromatic carbocycles. The minimum atomic E-state index is -3.30. The molecular weight excluding hydrogens is 466 g/mol. The summed E-state index contributed by atoms with van der Waals surface area (Å²) in [4.78, 5) is 13.9. The van der Waals surface area contributed by atoms with Crippen LogP contribution >= 0.6 is 0 Å². The van der Waals surface area contributed by atoms with Crippen molar-refractivity contribution < 1.29 is 31.5 Å². The van der Waals surface area contributed by atoms with Gasteiger partial charge in [-0.25, -0.2) is 22.0 Å². The Morgan fingerprint density at radius 1 is 1.21 bits per heavy atom. The molecule has 2 aliphatic rings. The van der Waals surface area contributed by atoms with Gasteiger partial charge >= 0.3 is 6.09 Å². The Morgan fingerprint density at radius 3 is 2.35 bits per heavy atom. The minimum Gasteiger partial charge on any atom is -0.487 e. The largest absolute Gasteiger partial charge is 0.487 e. The van der Waals surface area contributed by atoms with Crippen LogP contribution in [0.3, 0.4) is 0 Å². The fourth-order valence-corrected chi connectivity index (χ4v) is 4.74. The van der Waals surface area contributed by atoms with Crippen molar-refractivity contribution >= 4 is 21.7 Å². The Bertz CT molecular complexity index is 1030. The van der Waals surface area contributed by atoms with Gasteiger partial charge in [0.25, 0.3) is 0 Å². The van der Waals surface area contributed by atoms with Gasteiger partial charge < -0.3 is 14.4 Å². The molecule has 190 valence electrons. The average Bonchev–Trinajstić information content (AvgIpc) is 3.47. The van der Waals surface area contributed by atoms with Gasteiger partial charge in [0.2, 0.25) is 10.0 Å². The Hall–Kier alpha value is -2.20. The first kappa shape index (κ1) is 26.4. The van der Waals surface area contributed by atoms with E-state index in [1.165, 1.54) is 16.4 Å². The molecule has 1 heterocycles. The maximum atomic E-state index is 14.7. The SMILES string of the molecule is CCN(CC1C[C@@H]1COc1c(F)cc(C2=CCN(S(C)(=O)=O)CC2)cc1F)C(=O)OC(C)(C)C. The van der Waals surface area contributed by atoms with E-state index >= 15 is 0 Å². The van der Waals surface area contributed by atoms with E-state index in [1.807, 2.05) is 27.7 Å². The van der Waals surface area contributed by atoms with Crippen LogP contribution in [0.4, 0.5) is 13.6 Å². The monoisotopic (exact) mass is 500 g/mol. The summed E-state index contributed by atoms with van der Waals surface area (Å²) in [6.07, 6.45) is 3.63. The lowest BCUT2D eigenvalue weighted by molar-refractivity contribution is 0.0247. The molecule has 10 heteroatoms. The molecule has 1 aromatic rings. The molecule has 7 nitrogen and oxygen atoms in total. The van der Waals surface area contributed by atoms with Gasteiger partial charge in [-0.3, -0.25) is 0 Å². The van der Waals surface area contributed by atoms with Crippen LogP contribution in [0.1, 0.15) is 46.1 Å².